The largest absolute Gasteiger partial charge is 0.353 e. The normalized spacial score (nSPS) is 17.1. The minimum Gasteiger partial charge on any atom is -0.353 e. The molecule has 0 aromatic carbocycles. The molecule has 30 heavy (non-hydrogen) atoms. The fourth-order valence-corrected chi connectivity index (χ4v) is 4.21. The molecule has 2 aromatic heterocycles. The number of nitriles is 1. The van der Waals surface area contributed by atoms with Gasteiger partial charge in [0.1, 0.15) is 11.9 Å². The van der Waals surface area contributed by atoms with Gasteiger partial charge in [0.05, 0.1) is 17.8 Å². The molecule has 7 heteroatoms. The van der Waals surface area contributed by atoms with Crippen LogP contribution in [-0.2, 0) is 24.8 Å². The van der Waals surface area contributed by atoms with Crippen molar-refractivity contribution in [3.05, 3.63) is 51.1 Å². The van der Waals surface area contributed by atoms with E-state index in [4.69, 9.17) is 4.98 Å². The monoisotopic (exact) mass is 406 g/mol. The lowest BCUT2D eigenvalue weighted by Gasteiger charge is -2.36. The number of hydrogen-bond donors (Lipinski definition) is 0. The van der Waals surface area contributed by atoms with E-state index in [0.717, 1.165) is 69.2 Å². The maximum atomic E-state index is 12.2. The molecular weight excluding hydrogens is 376 g/mol. The van der Waals surface area contributed by atoms with Crippen LogP contribution < -0.4 is 10.5 Å². The lowest BCUT2D eigenvalue weighted by atomic mass is 9.92. The second-order valence-electron chi connectivity index (χ2n) is 9.29. The van der Waals surface area contributed by atoms with Crippen molar-refractivity contribution in [3.63, 3.8) is 0 Å². The Hall–Kier alpha value is -2.72. The van der Waals surface area contributed by atoms with E-state index < -0.39 is 0 Å². The highest BCUT2D eigenvalue weighted by Crippen LogP contribution is 2.27. The van der Waals surface area contributed by atoms with Gasteiger partial charge in [0, 0.05) is 49.9 Å². The smallest absolute Gasteiger partial charge is 0.266 e. The number of anilines is 1. The average molecular weight is 407 g/mol. The van der Waals surface area contributed by atoms with Crippen molar-refractivity contribution in [1.29, 1.82) is 5.26 Å². The van der Waals surface area contributed by atoms with Crippen molar-refractivity contribution in [1.82, 2.24) is 19.7 Å². The average Bonchev–Trinajstić information content (AvgIpc) is 3.19. The first-order valence-corrected chi connectivity index (χ1v) is 10.8. The molecule has 7 nitrogen and oxygen atoms in total. The van der Waals surface area contributed by atoms with Gasteiger partial charge >= 0.3 is 0 Å². The van der Waals surface area contributed by atoms with Gasteiger partial charge in [-0.3, -0.25) is 9.69 Å². The summed E-state index contributed by atoms with van der Waals surface area (Å²) in [6.07, 6.45) is 3.19. The molecule has 0 unspecified atom stereocenters. The number of aromatic nitrogens is 3. The number of nitrogens with zero attached hydrogens (tertiary/aromatic N) is 6. The molecule has 0 atom stereocenters. The van der Waals surface area contributed by atoms with E-state index in [-0.39, 0.29) is 11.0 Å². The van der Waals surface area contributed by atoms with E-state index in [0.29, 0.717) is 12.1 Å². The van der Waals surface area contributed by atoms with Crippen LogP contribution in [0.1, 0.15) is 49.7 Å². The summed E-state index contributed by atoms with van der Waals surface area (Å²) in [5, 5.41) is 14.1. The summed E-state index contributed by atoms with van der Waals surface area (Å²) in [6.45, 7) is 11.1. The third-order valence-electron chi connectivity index (χ3n) is 6.09. The molecule has 0 bridgehead atoms. The Labute approximate surface area is 177 Å². The number of aryl methyl sites for hydroxylation is 2. The number of pyridine rings is 1. The fraction of sp³-hybridized carbons (Fsp3) is 0.565. The van der Waals surface area contributed by atoms with Gasteiger partial charge in [-0.2, -0.15) is 10.4 Å². The van der Waals surface area contributed by atoms with Crippen molar-refractivity contribution in [2.24, 2.45) is 0 Å². The van der Waals surface area contributed by atoms with Crippen molar-refractivity contribution in [3.8, 4) is 6.07 Å². The van der Waals surface area contributed by atoms with Crippen molar-refractivity contribution < 1.29 is 0 Å². The Bertz CT molecular complexity index is 1020. The molecule has 0 amide bonds. The number of hydrogen-bond acceptors (Lipinski definition) is 6. The van der Waals surface area contributed by atoms with E-state index >= 15 is 0 Å². The fourth-order valence-electron chi connectivity index (χ4n) is 4.21. The van der Waals surface area contributed by atoms with E-state index in [9.17, 15) is 10.1 Å². The van der Waals surface area contributed by atoms with Crippen LogP contribution in [0.2, 0.25) is 0 Å². The molecule has 4 rings (SSSR count). The minimum absolute atomic E-state index is 0.0531. The van der Waals surface area contributed by atoms with Gasteiger partial charge < -0.3 is 4.90 Å². The Balaban J connectivity index is 1.38. The summed E-state index contributed by atoms with van der Waals surface area (Å²) in [5.74, 6) is 0.841. The zero-order valence-electron chi connectivity index (χ0n) is 18.2. The van der Waals surface area contributed by atoms with E-state index in [1.54, 1.807) is 10.7 Å². The van der Waals surface area contributed by atoms with E-state index in [2.05, 4.69) is 41.7 Å². The van der Waals surface area contributed by atoms with Crippen LogP contribution in [0.15, 0.2) is 23.0 Å². The van der Waals surface area contributed by atoms with Crippen LogP contribution in [0.25, 0.3) is 0 Å². The molecule has 158 valence electrons. The SMILES string of the molecule is CC(C)(C)c1ccc(=O)n(CCN2CCN(c3nc4c(cc3C#N)CCC4)CC2)n1. The molecule has 1 aliphatic heterocycles. The van der Waals surface area contributed by atoms with Crippen molar-refractivity contribution >= 4 is 5.82 Å². The maximum absolute atomic E-state index is 12.2. The standard InChI is InChI=1S/C23H30N6O/c1-23(2,3)20-7-8-21(30)29(26-20)14-11-27-9-12-28(13-10-27)22-18(16-24)15-17-5-4-6-19(17)25-22/h7-8,15H,4-6,9-14H2,1-3H3. The highest BCUT2D eigenvalue weighted by molar-refractivity contribution is 5.57. The molecule has 0 saturated carbocycles. The van der Waals surface area contributed by atoms with Crippen molar-refractivity contribution in [2.45, 2.75) is 52.0 Å². The quantitative estimate of drug-likeness (QED) is 0.774. The van der Waals surface area contributed by atoms with Crippen LogP contribution in [0.4, 0.5) is 5.82 Å². The van der Waals surface area contributed by atoms with Crippen LogP contribution in [0.3, 0.4) is 0 Å². The topological polar surface area (TPSA) is 78.0 Å². The molecule has 0 spiro atoms. The van der Waals surface area contributed by atoms with Gasteiger partial charge in [-0.15, -0.1) is 0 Å². The highest BCUT2D eigenvalue weighted by atomic mass is 16.1. The summed E-state index contributed by atoms with van der Waals surface area (Å²) in [6, 6.07) is 7.83. The molecular formula is C23H30N6O. The molecule has 1 fully saturated rings. The van der Waals surface area contributed by atoms with Gasteiger partial charge in [0.2, 0.25) is 0 Å². The summed E-state index contributed by atoms with van der Waals surface area (Å²) >= 11 is 0. The summed E-state index contributed by atoms with van der Waals surface area (Å²) in [5.41, 5.74) is 3.89. The van der Waals surface area contributed by atoms with E-state index in [1.807, 2.05) is 12.1 Å². The molecule has 0 N–H and O–H groups in total. The second kappa shape index (κ2) is 8.19. The van der Waals surface area contributed by atoms with Gasteiger partial charge in [0.15, 0.2) is 0 Å². The number of fused-ring (bicyclic) bond motifs is 1. The van der Waals surface area contributed by atoms with Crippen molar-refractivity contribution in [2.75, 3.05) is 37.6 Å². The Morgan fingerprint density at radius 3 is 2.57 bits per heavy atom. The number of rotatable bonds is 4. The molecule has 2 aliphatic rings. The lowest BCUT2D eigenvalue weighted by molar-refractivity contribution is 0.241. The Kier molecular flexibility index (Phi) is 5.61. The summed E-state index contributed by atoms with van der Waals surface area (Å²) in [7, 11) is 0. The Morgan fingerprint density at radius 1 is 1.10 bits per heavy atom. The first-order chi connectivity index (χ1) is 14.3. The summed E-state index contributed by atoms with van der Waals surface area (Å²) in [4.78, 5) is 21.6. The van der Waals surface area contributed by atoms with Crippen LogP contribution in [0.5, 0.6) is 0 Å². The first-order valence-electron chi connectivity index (χ1n) is 10.8. The molecule has 3 heterocycles. The van der Waals surface area contributed by atoms with E-state index in [1.165, 1.54) is 5.56 Å². The Morgan fingerprint density at radius 2 is 1.87 bits per heavy atom. The molecule has 2 aromatic rings. The second-order valence-corrected chi connectivity index (χ2v) is 9.29. The third-order valence-corrected chi connectivity index (χ3v) is 6.09. The molecule has 1 saturated heterocycles. The highest BCUT2D eigenvalue weighted by Gasteiger charge is 2.24. The third kappa shape index (κ3) is 4.24. The predicted molar refractivity (Wildman–Crippen MR) is 117 cm³/mol. The van der Waals surface area contributed by atoms with Gasteiger partial charge in [-0.25, -0.2) is 9.67 Å². The van der Waals surface area contributed by atoms with Crippen LogP contribution in [0, 0.1) is 11.3 Å². The predicted octanol–water partition coefficient (Wildman–Crippen LogP) is 2.12. The lowest BCUT2D eigenvalue weighted by Crippen LogP contribution is -2.48. The van der Waals surface area contributed by atoms with Gasteiger partial charge in [-0.1, -0.05) is 20.8 Å². The zero-order chi connectivity index (χ0) is 21.3. The van der Waals surface area contributed by atoms with Gasteiger partial charge in [-0.05, 0) is 37.0 Å². The molecule has 0 radical (unpaired) electrons. The van der Waals surface area contributed by atoms with Crippen LogP contribution >= 0.6 is 0 Å². The summed E-state index contributed by atoms with van der Waals surface area (Å²) < 4.78 is 1.59. The molecule has 1 aliphatic carbocycles. The maximum Gasteiger partial charge on any atom is 0.266 e. The first kappa shape index (κ1) is 20.5. The number of piperazine rings is 1. The minimum atomic E-state index is -0.0810. The van der Waals surface area contributed by atoms with Gasteiger partial charge in [0.25, 0.3) is 5.56 Å². The van der Waals surface area contributed by atoms with Crippen LogP contribution in [-0.4, -0.2) is 52.4 Å². The zero-order valence-corrected chi connectivity index (χ0v) is 18.2.